The molecule has 0 spiro atoms. The second-order valence-corrected chi connectivity index (χ2v) is 5.98. The van der Waals surface area contributed by atoms with Crippen LogP contribution in [0.1, 0.15) is 13.3 Å². The highest BCUT2D eigenvalue weighted by molar-refractivity contribution is 7.99. The molecular weight excluding hydrogens is 264 g/mol. The van der Waals surface area contributed by atoms with Gasteiger partial charge in [-0.3, -0.25) is 0 Å². The second kappa shape index (κ2) is 6.33. The van der Waals surface area contributed by atoms with Crippen molar-refractivity contribution in [3.8, 4) is 0 Å². The monoisotopic (exact) mass is 284 g/mol. The van der Waals surface area contributed by atoms with Crippen molar-refractivity contribution in [3.05, 3.63) is 48.5 Å². The summed E-state index contributed by atoms with van der Waals surface area (Å²) >= 11 is 1.87. The molecule has 0 unspecified atom stereocenters. The molecule has 1 N–H and O–H groups in total. The summed E-state index contributed by atoms with van der Waals surface area (Å²) in [5.41, 5.74) is 2.68. The molecule has 2 aromatic carbocycles. The largest absolute Gasteiger partial charge is 0.340 e. The van der Waals surface area contributed by atoms with Gasteiger partial charge in [0.1, 0.15) is 0 Å². The first-order chi connectivity index (χ1) is 9.90. The Balaban J connectivity index is 1.87. The molecule has 0 bridgehead atoms. The molecule has 3 rings (SSSR count). The van der Waals surface area contributed by atoms with Crippen molar-refractivity contribution in [3.63, 3.8) is 0 Å². The van der Waals surface area contributed by atoms with Crippen LogP contribution in [0.25, 0.3) is 0 Å². The maximum atomic E-state index is 3.40. The van der Waals surface area contributed by atoms with Crippen LogP contribution in [0.15, 0.2) is 58.3 Å². The zero-order valence-electron chi connectivity index (χ0n) is 11.8. The smallest absolute Gasteiger partial charge is 0.0552 e. The van der Waals surface area contributed by atoms with Crippen LogP contribution in [0.5, 0.6) is 0 Å². The van der Waals surface area contributed by atoms with Gasteiger partial charge in [0.05, 0.1) is 11.4 Å². The fraction of sp³-hybridized carbons (Fsp3) is 0.294. The number of nitrogens with one attached hydrogen (secondary N) is 1. The van der Waals surface area contributed by atoms with Gasteiger partial charge in [-0.2, -0.15) is 0 Å². The van der Waals surface area contributed by atoms with Crippen LogP contribution in [0.2, 0.25) is 0 Å². The first kappa shape index (κ1) is 13.5. The fourth-order valence-electron chi connectivity index (χ4n) is 2.56. The van der Waals surface area contributed by atoms with E-state index in [4.69, 9.17) is 0 Å². The van der Waals surface area contributed by atoms with Gasteiger partial charge in [-0.05, 0) is 43.8 Å². The molecule has 0 amide bonds. The third-order valence-corrected chi connectivity index (χ3v) is 4.65. The van der Waals surface area contributed by atoms with Gasteiger partial charge >= 0.3 is 0 Å². The Morgan fingerprint density at radius 1 is 0.950 bits per heavy atom. The lowest BCUT2D eigenvalue weighted by molar-refractivity contribution is 0.671. The average Bonchev–Trinajstić information content (AvgIpc) is 2.50. The predicted molar refractivity (Wildman–Crippen MR) is 87.2 cm³/mol. The van der Waals surface area contributed by atoms with E-state index in [2.05, 4.69) is 65.7 Å². The molecule has 0 saturated carbocycles. The first-order valence-electron chi connectivity index (χ1n) is 7.24. The molecule has 2 nitrogen and oxygen atoms in total. The normalized spacial score (nSPS) is 12.9. The predicted octanol–water partition coefficient (Wildman–Crippen LogP) is 4.29. The van der Waals surface area contributed by atoms with Gasteiger partial charge in [-0.15, -0.1) is 0 Å². The van der Waals surface area contributed by atoms with Gasteiger partial charge in [0, 0.05) is 16.3 Å². The Bertz CT molecular complexity index is 537. The van der Waals surface area contributed by atoms with Gasteiger partial charge in [-0.1, -0.05) is 43.0 Å². The van der Waals surface area contributed by atoms with Gasteiger partial charge in [0.25, 0.3) is 0 Å². The van der Waals surface area contributed by atoms with E-state index in [0.717, 1.165) is 26.1 Å². The van der Waals surface area contributed by atoms with E-state index in [1.165, 1.54) is 21.2 Å². The standard InChI is InChI=1S/C17H20N2S/c1-2-18-12-7-13-19-14-8-3-5-10-16(14)20-17-11-6-4-9-15(17)19/h3-6,8-11,18H,2,7,12-13H2,1H3. The summed E-state index contributed by atoms with van der Waals surface area (Å²) in [5, 5.41) is 3.40. The maximum absolute atomic E-state index is 3.40. The quantitative estimate of drug-likeness (QED) is 0.825. The Labute approximate surface area is 125 Å². The number of hydrogen-bond acceptors (Lipinski definition) is 3. The van der Waals surface area contributed by atoms with E-state index >= 15 is 0 Å². The minimum atomic E-state index is 1.04. The minimum Gasteiger partial charge on any atom is -0.340 e. The fourth-order valence-corrected chi connectivity index (χ4v) is 3.66. The van der Waals surface area contributed by atoms with E-state index < -0.39 is 0 Å². The molecule has 0 radical (unpaired) electrons. The zero-order valence-corrected chi connectivity index (χ0v) is 12.6. The van der Waals surface area contributed by atoms with Crippen molar-refractivity contribution < 1.29 is 0 Å². The van der Waals surface area contributed by atoms with Crippen molar-refractivity contribution >= 4 is 23.1 Å². The SMILES string of the molecule is CCNCCCN1c2ccccc2Sc2ccccc21. The summed E-state index contributed by atoms with van der Waals surface area (Å²) < 4.78 is 0. The van der Waals surface area contributed by atoms with Crippen LogP contribution in [0, 0.1) is 0 Å². The van der Waals surface area contributed by atoms with Crippen LogP contribution in [-0.2, 0) is 0 Å². The molecule has 0 fully saturated rings. The maximum Gasteiger partial charge on any atom is 0.0552 e. The summed E-state index contributed by atoms with van der Waals surface area (Å²) in [5.74, 6) is 0. The Hall–Kier alpha value is -1.45. The van der Waals surface area contributed by atoms with Gasteiger partial charge < -0.3 is 10.2 Å². The Morgan fingerprint density at radius 2 is 1.55 bits per heavy atom. The molecular formula is C17H20N2S. The topological polar surface area (TPSA) is 15.3 Å². The lowest BCUT2D eigenvalue weighted by Gasteiger charge is -2.32. The molecule has 2 aromatic rings. The lowest BCUT2D eigenvalue weighted by Crippen LogP contribution is -2.25. The highest BCUT2D eigenvalue weighted by Gasteiger charge is 2.21. The van der Waals surface area contributed by atoms with Crippen molar-refractivity contribution in [2.24, 2.45) is 0 Å². The number of para-hydroxylation sites is 2. The van der Waals surface area contributed by atoms with Crippen LogP contribution in [0.3, 0.4) is 0 Å². The molecule has 20 heavy (non-hydrogen) atoms. The molecule has 1 aliphatic rings. The number of rotatable bonds is 5. The summed E-state index contributed by atoms with van der Waals surface area (Å²) in [6, 6.07) is 17.4. The highest BCUT2D eigenvalue weighted by atomic mass is 32.2. The van der Waals surface area contributed by atoms with Crippen molar-refractivity contribution in [2.75, 3.05) is 24.5 Å². The van der Waals surface area contributed by atoms with E-state index in [0.29, 0.717) is 0 Å². The van der Waals surface area contributed by atoms with E-state index in [9.17, 15) is 0 Å². The summed E-state index contributed by atoms with van der Waals surface area (Å²) in [7, 11) is 0. The number of nitrogens with zero attached hydrogens (tertiary/aromatic N) is 1. The molecule has 0 aromatic heterocycles. The van der Waals surface area contributed by atoms with Crippen LogP contribution < -0.4 is 10.2 Å². The van der Waals surface area contributed by atoms with Crippen LogP contribution >= 0.6 is 11.8 Å². The van der Waals surface area contributed by atoms with E-state index in [1.54, 1.807) is 0 Å². The molecule has 0 saturated heterocycles. The number of anilines is 2. The van der Waals surface area contributed by atoms with E-state index in [-0.39, 0.29) is 0 Å². The number of hydrogen-bond donors (Lipinski definition) is 1. The van der Waals surface area contributed by atoms with Crippen molar-refractivity contribution in [1.82, 2.24) is 5.32 Å². The Morgan fingerprint density at radius 3 is 2.15 bits per heavy atom. The molecule has 3 heteroatoms. The second-order valence-electron chi connectivity index (χ2n) is 4.90. The van der Waals surface area contributed by atoms with Gasteiger partial charge in [-0.25, -0.2) is 0 Å². The third kappa shape index (κ3) is 2.69. The highest BCUT2D eigenvalue weighted by Crippen LogP contribution is 2.47. The minimum absolute atomic E-state index is 1.04. The summed E-state index contributed by atoms with van der Waals surface area (Å²) in [6.45, 7) is 5.33. The molecule has 0 atom stereocenters. The van der Waals surface area contributed by atoms with Crippen LogP contribution in [0.4, 0.5) is 11.4 Å². The molecule has 1 aliphatic heterocycles. The van der Waals surface area contributed by atoms with Crippen LogP contribution in [-0.4, -0.2) is 19.6 Å². The number of benzene rings is 2. The zero-order chi connectivity index (χ0) is 13.8. The van der Waals surface area contributed by atoms with E-state index in [1.807, 2.05) is 11.8 Å². The first-order valence-corrected chi connectivity index (χ1v) is 8.06. The lowest BCUT2D eigenvalue weighted by atomic mass is 10.2. The summed E-state index contributed by atoms with van der Waals surface area (Å²) in [4.78, 5) is 5.17. The third-order valence-electron chi connectivity index (χ3n) is 3.52. The van der Waals surface area contributed by atoms with Crippen molar-refractivity contribution in [2.45, 2.75) is 23.1 Å². The van der Waals surface area contributed by atoms with Gasteiger partial charge in [0.15, 0.2) is 0 Å². The molecule has 1 heterocycles. The number of fused-ring (bicyclic) bond motifs is 2. The molecule has 0 aliphatic carbocycles. The van der Waals surface area contributed by atoms with Gasteiger partial charge in [0.2, 0.25) is 0 Å². The average molecular weight is 284 g/mol. The Kier molecular flexibility index (Phi) is 4.28. The molecule has 104 valence electrons. The summed E-state index contributed by atoms with van der Waals surface area (Å²) in [6.07, 6.45) is 1.15. The van der Waals surface area contributed by atoms with Crippen molar-refractivity contribution in [1.29, 1.82) is 0 Å².